The zero-order chi connectivity index (χ0) is 19.2. The van der Waals surface area contributed by atoms with Gasteiger partial charge in [-0.1, -0.05) is 30.3 Å². The van der Waals surface area contributed by atoms with E-state index in [1.54, 1.807) is 0 Å². The zero-order valence-corrected chi connectivity index (χ0v) is 17.4. The normalized spacial score (nSPS) is 26.0. The molecule has 0 saturated carbocycles. The second-order valence-electron chi connectivity index (χ2n) is 8.72. The molecule has 3 saturated heterocycles. The van der Waals surface area contributed by atoms with Crippen molar-refractivity contribution in [2.75, 3.05) is 53.0 Å². The van der Waals surface area contributed by atoms with Crippen LogP contribution in [0.15, 0.2) is 35.3 Å². The van der Waals surface area contributed by atoms with Gasteiger partial charge in [0.05, 0.1) is 0 Å². The number of nitrogens with zero attached hydrogens (tertiary/aromatic N) is 3. The Morgan fingerprint density at radius 2 is 1.89 bits per heavy atom. The third-order valence-corrected chi connectivity index (χ3v) is 6.94. The Morgan fingerprint density at radius 1 is 1.14 bits per heavy atom. The molecule has 0 amide bonds. The highest BCUT2D eigenvalue weighted by Gasteiger charge is 2.40. The van der Waals surface area contributed by atoms with Crippen LogP contribution in [0.25, 0.3) is 0 Å². The average Bonchev–Trinajstić information content (AvgIpc) is 3.43. The summed E-state index contributed by atoms with van der Waals surface area (Å²) in [6.45, 7) is 7.46. The summed E-state index contributed by atoms with van der Waals surface area (Å²) in [5.74, 6) is 1.80. The number of nitrogens with one attached hydrogen (secondary N) is 1. The highest BCUT2D eigenvalue weighted by Crippen LogP contribution is 2.31. The molecule has 5 nitrogen and oxygen atoms in total. The number of rotatable bonds is 5. The maximum Gasteiger partial charge on any atom is 0.193 e. The van der Waals surface area contributed by atoms with E-state index in [-0.39, 0.29) is 5.54 Å². The van der Waals surface area contributed by atoms with E-state index in [0.29, 0.717) is 0 Å². The van der Waals surface area contributed by atoms with Crippen LogP contribution < -0.4 is 5.32 Å². The first-order valence-electron chi connectivity index (χ1n) is 11.1. The summed E-state index contributed by atoms with van der Waals surface area (Å²) in [6.07, 6.45) is 7.36. The third kappa shape index (κ3) is 4.52. The zero-order valence-electron chi connectivity index (χ0n) is 17.4. The van der Waals surface area contributed by atoms with Crippen LogP contribution in [0.4, 0.5) is 0 Å². The molecule has 4 rings (SSSR count). The van der Waals surface area contributed by atoms with E-state index in [2.05, 4.69) is 50.4 Å². The Morgan fingerprint density at radius 3 is 2.61 bits per heavy atom. The number of hydrogen-bond donors (Lipinski definition) is 1. The number of benzene rings is 1. The van der Waals surface area contributed by atoms with Gasteiger partial charge in [0.25, 0.3) is 0 Å². The van der Waals surface area contributed by atoms with Gasteiger partial charge in [0, 0.05) is 45.4 Å². The SMILES string of the molecule is CN=C(NCC1(N2CCCC2)CCOCC1)N1CCC(Cc2ccccc2)C1. The first kappa shape index (κ1) is 19.7. The molecular weight excluding hydrogens is 348 g/mol. The molecule has 0 aromatic heterocycles. The molecule has 1 aromatic rings. The van der Waals surface area contributed by atoms with Crippen LogP contribution in [0.1, 0.15) is 37.7 Å². The highest BCUT2D eigenvalue weighted by molar-refractivity contribution is 5.80. The maximum atomic E-state index is 5.69. The van der Waals surface area contributed by atoms with Gasteiger partial charge in [0.1, 0.15) is 0 Å². The molecule has 1 N–H and O–H groups in total. The fourth-order valence-corrected chi connectivity index (χ4v) is 5.26. The molecule has 0 spiro atoms. The second kappa shape index (κ2) is 9.27. The smallest absolute Gasteiger partial charge is 0.193 e. The maximum absolute atomic E-state index is 5.69. The number of likely N-dealkylation sites (tertiary alicyclic amines) is 2. The summed E-state index contributed by atoms with van der Waals surface area (Å²) < 4.78 is 5.69. The van der Waals surface area contributed by atoms with Crippen LogP contribution in [-0.2, 0) is 11.2 Å². The topological polar surface area (TPSA) is 40.1 Å². The van der Waals surface area contributed by atoms with Gasteiger partial charge in [0.2, 0.25) is 0 Å². The van der Waals surface area contributed by atoms with E-state index in [0.717, 1.165) is 57.6 Å². The largest absolute Gasteiger partial charge is 0.381 e. The van der Waals surface area contributed by atoms with Crippen LogP contribution >= 0.6 is 0 Å². The molecule has 1 atom stereocenters. The van der Waals surface area contributed by atoms with Crippen molar-refractivity contribution in [1.82, 2.24) is 15.1 Å². The van der Waals surface area contributed by atoms with Gasteiger partial charge in [-0.3, -0.25) is 9.89 Å². The lowest BCUT2D eigenvalue weighted by Gasteiger charge is -2.45. The Kier molecular flexibility index (Phi) is 6.53. The Hall–Kier alpha value is -1.59. The quantitative estimate of drug-likeness (QED) is 0.626. The lowest BCUT2D eigenvalue weighted by Crippen LogP contribution is -2.58. The fraction of sp³-hybridized carbons (Fsp3) is 0.696. The van der Waals surface area contributed by atoms with E-state index in [9.17, 15) is 0 Å². The van der Waals surface area contributed by atoms with Crippen LogP contribution in [-0.4, -0.2) is 74.3 Å². The van der Waals surface area contributed by atoms with E-state index in [1.807, 2.05) is 7.05 Å². The van der Waals surface area contributed by atoms with E-state index < -0.39 is 0 Å². The Bertz CT molecular complexity index is 635. The molecule has 28 heavy (non-hydrogen) atoms. The predicted molar refractivity (Wildman–Crippen MR) is 115 cm³/mol. The van der Waals surface area contributed by atoms with E-state index in [4.69, 9.17) is 4.74 Å². The van der Waals surface area contributed by atoms with Crippen molar-refractivity contribution in [1.29, 1.82) is 0 Å². The first-order chi connectivity index (χ1) is 13.8. The van der Waals surface area contributed by atoms with Crippen LogP contribution in [0.5, 0.6) is 0 Å². The van der Waals surface area contributed by atoms with Crippen molar-refractivity contribution in [2.24, 2.45) is 10.9 Å². The van der Waals surface area contributed by atoms with Crippen molar-refractivity contribution in [2.45, 2.75) is 44.1 Å². The predicted octanol–water partition coefficient (Wildman–Crippen LogP) is 2.77. The van der Waals surface area contributed by atoms with Crippen molar-refractivity contribution < 1.29 is 4.74 Å². The van der Waals surface area contributed by atoms with Crippen molar-refractivity contribution in [3.05, 3.63) is 35.9 Å². The molecule has 3 fully saturated rings. The van der Waals surface area contributed by atoms with Crippen molar-refractivity contribution in [3.63, 3.8) is 0 Å². The molecule has 0 bridgehead atoms. The van der Waals surface area contributed by atoms with Gasteiger partial charge >= 0.3 is 0 Å². The first-order valence-corrected chi connectivity index (χ1v) is 11.1. The molecular formula is C23H36N4O. The fourth-order valence-electron chi connectivity index (χ4n) is 5.26. The third-order valence-electron chi connectivity index (χ3n) is 6.94. The number of ether oxygens (including phenoxy) is 1. The lowest BCUT2D eigenvalue weighted by molar-refractivity contribution is -0.0166. The van der Waals surface area contributed by atoms with Crippen LogP contribution in [0.2, 0.25) is 0 Å². The van der Waals surface area contributed by atoms with Gasteiger partial charge in [-0.15, -0.1) is 0 Å². The number of hydrogen-bond acceptors (Lipinski definition) is 3. The lowest BCUT2D eigenvalue weighted by atomic mass is 9.88. The molecule has 5 heteroatoms. The van der Waals surface area contributed by atoms with Gasteiger partial charge in [0.15, 0.2) is 5.96 Å². The summed E-state index contributed by atoms with van der Waals surface area (Å²) in [4.78, 5) is 9.82. The molecule has 3 aliphatic heterocycles. The van der Waals surface area contributed by atoms with E-state index in [1.165, 1.54) is 44.3 Å². The molecule has 1 aromatic carbocycles. The highest BCUT2D eigenvalue weighted by atomic mass is 16.5. The van der Waals surface area contributed by atoms with Gasteiger partial charge in [-0.2, -0.15) is 0 Å². The number of guanidine groups is 1. The minimum absolute atomic E-state index is 0.244. The summed E-state index contributed by atoms with van der Waals surface area (Å²) in [5.41, 5.74) is 1.70. The summed E-state index contributed by atoms with van der Waals surface area (Å²) >= 11 is 0. The minimum atomic E-state index is 0.244. The van der Waals surface area contributed by atoms with E-state index >= 15 is 0 Å². The Labute approximate surface area is 170 Å². The van der Waals surface area contributed by atoms with Gasteiger partial charge < -0.3 is 15.0 Å². The average molecular weight is 385 g/mol. The van der Waals surface area contributed by atoms with Crippen LogP contribution in [0, 0.1) is 5.92 Å². The molecule has 154 valence electrons. The minimum Gasteiger partial charge on any atom is -0.381 e. The van der Waals surface area contributed by atoms with Gasteiger partial charge in [-0.25, -0.2) is 0 Å². The second-order valence-corrected chi connectivity index (χ2v) is 8.72. The number of aliphatic imine (C=N–C) groups is 1. The summed E-state index contributed by atoms with van der Waals surface area (Å²) in [6, 6.07) is 10.9. The molecule has 1 unspecified atom stereocenters. The molecule has 3 aliphatic rings. The van der Waals surface area contributed by atoms with Crippen molar-refractivity contribution >= 4 is 5.96 Å². The Balaban J connectivity index is 1.34. The molecule has 0 radical (unpaired) electrons. The monoisotopic (exact) mass is 384 g/mol. The standard InChI is InChI=1S/C23H36N4O/c1-24-22(26-14-9-21(18-26)17-20-7-3-2-4-8-20)25-19-23(10-15-28-16-11-23)27-12-5-6-13-27/h2-4,7-8,21H,5-6,9-19H2,1H3,(H,24,25). The van der Waals surface area contributed by atoms with Crippen LogP contribution in [0.3, 0.4) is 0 Å². The van der Waals surface area contributed by atoms with Gasteiger partial charge in [-0.05, 0) is 63.1 Å². The van der Waals surface area contributed by atoms with Crippen molar-refractivity contribution in [3.8, 4) is 0 Å². The summed E-state index contributed by atoms with van der Waals surface area (Å²) in [7, 11) is 1.93. The molecule has 3 heterocycles. The summed E-state index contributed by atoms with van der Waals surface area (Å²) in [5, 5.41) is 3.76. The molecule has 0 aliphatic carbocycles.